The van der Waals surface area contributed by atoms with Crippen LogP contribution in [0.2, 0.25) is 0 Å². The van der Waals surface area contributed by atoms with Gasteiger partial charge in [-0.1, -0.05) is 0 Å². The SMILES string of the molecule is O=C(O)Cc1cc(C(F)F)c(Br)nc1OC(F)(F)F. The molecule has 1 N–H and O–H groups in total. The largest absolute Gasteiger partial charge is 0.574 e. The first-order valence-electron chi connectivity index (χ1n) is 4.55. The Balaban J connectivity index is 3.27. The van der Waals surface area contributed by atoms with E-state index in [0.717, 1.165) is 0 Å². The van der Waals surface area contributed by atoms with Crippen molar-refractivity contribution in [1.29, 1.82) is 0 Å². The zero-order valence-corrected chi connectivity index (χ0v) is 10.4. The molecule has 0 aliphatic heterocycles. The van der Waals surface area contributed by atoms with Crippen LogP contribution in [0.25, 0.3) is 0 Å². The molecule has 0 aliphatic carbocycles. The number of hydrogen-bond acceptors (Lipinski definition) is 3. The van der Waals surface area contributed by atoms with Crippen LogP contribution in [0.4, 0.5) is 22.0 Å². The second-order valence-electron chi connectivity index (χ2n) is 3.25. The number of carboxylic acid groups (broad SMARTS) is 1. The standard InChI is InChI=1S/C9H5BrF5NO3/c10-6-4(7(11)12)1-3(2-5(17)18)8(16-6)19-9(13,14)15/h1,7H,2H2,(H,17,18). The Morgan fingerprint density at radius 3 is 2.47 bits per heavy atom. The van der Waals surface area contributed by atoms with Gasteiger partial charge < -0.3 is 9.84 Å². The van der Waals surface area contributed by atoms with Gasteiger partial charge in [-0.2, -0.15) is 0 Å². The summed E-state index contributed by atoms with van der Waals surface area (Å²) < 4.78 is 64.3. The van der Waals surface area contributed by atoms with Crippen LogP contribution in [-0.4, -0.2) is 22.4 Å². The van der Waals surface area contributed by atoms with Crippen molar-refractivity contribution in [2.45, 2.75) is 19.2 Å². The number of ether oxygens (including phenoxy) is 1. The summed E-state index contributed by atoms with van der Waals surface area (Å²) in [6.45, 7) is 0. The average Bonchev–Trinajstić information content (AvgIpc) is 2.18. The van der Waals surface area contributed by atoms with Crippen LogP contribution in [-0.2, 0) is 11.2 Å². The van der Waals surface area contributed by atoms with Gasteiger partial charge in [0.25, 0.3) is 6.43 Å². The van der Waals surface area contributed by atoms with Crippen LogP contribution < -0.4 is 4.74 Å². The number of carboxylic acids is 1. The zero-order valence-electron chi connectivity index (χ0n) is 8.84. The Kier molecular flexibility index (Phi) is 4.66. The van der Waals surface area contributed by atoms with Crippen LogP contribution in [0.15, 0.2) is 10.7 Å². The molecule has 0 aliphatic rings. The van der Waals surface area contributed by atoms with E-state index in [2.05, 4.69) is 25.7 Å². The van der Waals surface area contributed by atoms with Gasteiger partial charge in [0.15, 0.2) is 0 Å². The molecule has 0 aromatic carbocycles. The van der Waals surface area contributed by atoms with Crippen LogP contribution in [0, 0.1) is 0 Å². The minimum Gasteiger partial charge on any atom is -0.481 e. The first kappa shape index (κ1) is 15.6. The zero-order chi connectivity index (χ0) is 14.8. The van der Waals surface area contributed by atoms with Gasteiger partial charge in [0.1, 0.15) is 4.60 Å². The highest BCUT2D eigenvalue weighted by Crippen LogP contribution is 2.33. The first-order chi connectivity index (χ1) is 8.60. The predicted molar refractivity (Wildman–Crippen MR) is 54.9 cm³/mol. The number of aromatic nitrogens is 1. The summed E-state index contributed by atoms with van der Waals surface area (Å²) in [5, 5.41) is 8.52. The number of aliphatic carboxylic acids is 1. The van der Waals surface area contributed by atoms with Crippen LogP contribution in [0.1, 0.15) is 17.6 Å². The second kappa shape index (κ2) is 5.68. The van der Waals surface area contributed by atoms with E-state index in [1.54, 1.807) is 0 Å². The normalized spacial score (nSPS) is 11.7. The third kappa shape index (κ3) is 4.62. The highest BCUT2D eigenvalue weighted by Gasteiger charge is 2.34. The molecule has 0 amide bonds. The summed E-state index contributed by atoms with van der Waals surface area (Å²) >= 11 is 2.57. The quantitative estimate of drug-likeness (QED) is 0.669. The Hall–Kier alpha value is -1.45. The van der Waals surface area contributed by atoms with Gasteiger partial charge in [0.05, 0.1) is 12.0 Å². The Labute approximate surface area is 111 Å². The molecule has 0 radical (unpaired) electrons. The molecule has 0 bridgehead atoms. The maximum Gasteiger partial charge on any atom is 0.574 e. The fourth-order valence-electron chi connectivity index (χ4n) is 1.18. The number of pyridine rings is 1. The molecular formula is C9H5BrF5NO3. The number of rotatable bonds is 4. The maximum absolute atomic E-state index is 12.5. The Morgan fingerprint density at radius 1 is 1.47 bits per heavy atom. The molecule has 1 aromatic rings. The van der Waals surface area contributed by atoms with Crippen molar-refractivity contribution in [1.82, 2.24) is 4.98 Å². The van der Waals surface area contributed by atoms with Gasteiger partial charge in [-0.05, 0) is 22.0 Å². The summed E-state index contributed by atoms with van der Waals surface area (Å²) in [5.74, 6) is -2.58. The van der Waals surface area contributed by atoms with Gasteiger partial charge >= 0.3 is 12.3 Å². The summed E-state index contributed by atoms with van der Waals surface area (Å²) in [6, 6.07) is 0.608. The molecule has 1 rings (SSSR count). The van der Waals surface area contributed by atoms with E-state index in [1.807, 2.05) is 0 Å². The molecule has 1 heterocycles. The van der Waals surface area contributed by atoms with Gasteiger partial charge in [0.2, 0.25) is 5.88 Å². The number of hydrogen-bond donors (Lipinski definition) is 1. The molecule has 0 saturated heterocycles. The van der Waals surface area contributed by atoms with Crippen molar-refractivity contribution in [2.75, 3.05) is 0 Å². The lowest BCUT2D eigenvalue weighted by Gasteiger charge is -2.13. The monoisotopic (exact) mass is 349 g/mol. The van der Waals surface area contributed by atoms with E-state index in [9.17, 15) is 26.7 Å². The molecule has 10 heteroatoms. The summed E-state index contributed by atoms with van der Waals surface area (Å²) in [7, 11) is 0. The fourth-order valence-corrected chi connectivity index (χ4v) is 1.62. The van der Waals surface area contributed by atoms with Crippen molar-refractivity contribution in [3.63, 3.8) is 0 Å². The molecule has 0 unspecified atom stereocenters. The minimum absolute atomic E-state index is 0.545. The minimum atomic E-state index is -5.11. The molecule has 4 nitrogen and oxygen atoms in total. The summed E-state index contributed by atoms with van der Waals surface area (Å²) in [6.07, 6.45) is -9.05. The van der Waals surface area contributed by atoms with Crippen LogP contribution in [0.3, 0.4) is 0 Å². The molecule has 0 saturated carbocycles. The van der Waals surface area contributed by atoms with E-state index in [1.165, 1.54) is 0 Å². The molecule has 1 aromatic heterocycles. The molecule has 0 atom stereocenters. The van der Waals surface area contributed by atoms with Crippen molar-refractivity contribution in [3.8, 4) is 5.88 Å². The van der Waals surface area contributed by atoms with Crippen LogP contribution >= 0.6 is 15.9 Å². The van der Waals surface area contributed by atoms with Crippen molar-refractivity contribution < 1.29 is 36.6 Å². The lowest BCUT2D eigenvalue weighted by molar-refractivity contribution is -0.276. The summed E-state index contributed by atoms with van der Waals surface area (Å²) in [5.41, 5.74) is -1.31. The van der Waals surface area contributed by atoms with Crippen molar-refractivity contribution >= 4 is 21.9 Å². The average molecular weight is 350 g/mol. The number of halogens is 6. The molecule has 0 fully saturated rings. The lowest BCUT2D eigenvalue weighted by atomic mass is 10.1. The maximum atomic E-state index is 12.5. The molecule has 0 spiro atoms. The second-order valence-corrected chi connectivity index (χ2v) is 4.00. The highest BCUT2D eigenvalue weighted by molar-refractivity contribution is 9.10. The van der Waals surface area contributed by atoms with Crippen molar-refractivity contribution in [3.05, 3.63) is 21.8 Å². The van der Waals surface area contributed by atoms with Gasteiger partial charge in [-0.15, -0.1) is 13.2 Å². The lowest BCUT2D eigenvalue weighted by Crippen LogP contribution is -2.20. The van der Waals surface area contributed by atoms with Gasteiger partial charge in [-0.25, -0.2) is 13.8 Å². The van der Waals surface area contributed by atoms with Crippen LogP contribution in [0.5, 0.6) is 5.88 Å². The first-order valence-corrected chi connectivity index (χ1v) is 5.34. The predicted octanol–water partition coefficient (Wildman–Crippen LogP) is 3.31. The number of carbonyl (C=O) groups is 1. The highest BCUT2D eigenvalue weighted by atomic mass is 79.9. The topological polar surface area (TPSA) is 59.4 Å². The third-order valence-electron chi connectivity index (χ3n) is 1.83. The number of nitrogens with zero attached hydrogens (tertiary/aromatic N) is 1. The molecule has 106 valence electrons. The van der Waals surface area contributed by atoms with E-state index in [-0.39, 0.29) is 0 Å². The molecular weight excluding hydrogens is 345 g/mol. The third-order valence-corrected chi connectivity index (χ3v) is 2.47. The van der Waals surface area contributed by atoms with E-state index < -0.39 is 46.8 Å². The molecule has 19 heavy (non-hydrogen) atoms. The smallest absolute Gasteiger partial charge is 0.481 e. The Morgan fingerprint density at radius 2 is 2.05 bits per heavy atom. The van der Waals surface area contributed by atoms with E-state index >= 15 is 0 Å². The van der Waals surface area contributed by atoms with E-state index in [0.29, 0.717) is 6.07 Å². The van der Waals surface area contributed by atoms with Crippen molar-refractivity contribution in [2.24, 2.45) is 0 Å². The fraction of sp³-hybridized carbons (Fsp3) is 0.333. The number of alkyl halides is 5. The summed E-state index contributed by atoms with van der Waals surface area (Å²) in [4.78, 5) is 13.7. The Bertz CT molecular complexity index is 491. The van der Waals surface area contributed by atoms with Gasteiger partial charge in [0, 0.05) is 5.56 Å². The van der Waals surface area contributed by atoms with Gasteiger partial charge in [-0.3, -0.25) is 4.79 Å². The van der Waals surface area contributed by atoms with E-state index in [4.69, 9.17) is 5.11 Å².